The van der Waals surface area contributed by atoms with Gasteiger partial charge in [-0.05, 0) is 30.7 Å². The SMILES string of the molecule is COCCCn1cnnc1SCC(=O)Nc1ccc(Cl)cc1. The monoisotopic (exact) mass is 340 g/mol. The number of halogens is 1. The van der Waals surface area contributed by atoms with Crippen molar-refractivity contribution in [2.75, 3.05) is 24.8 Å². The summed E-state index contributed by atoms with van der Waals surface area (Å²) in [5.41, 5.74) is 0.719. The molecule has 2 aromatic rings. The zero-order valence-electron chi connectivity index (χ0n) is 12.2. The molecule has 0 fully saturated rings. The first kappa shape index (κ1) is 16.8. The van der Waals surface area contributed by atoms with E-state index in [1.807, 2.05) is 4.57 Å². The Balaban J connectivity index is 1.81. The lowest BCUT2D eigenvalue weighted by Gasteiger charge is -2.07. The number of nitrogens with one attached hydrogen (secondary N) is 1. The maximum Gasteiger partial charge on any atom is 0.234 e. The standard InChI is InChI=1S/C14H17ClN4O2S/c1-21-8-2-7-19-10-16-18-14(19)22-9-13(20)17-12-5-3-11(15)4-6-12/h3-6,10H,2,7-9H2,1H3,(H,17,20). The molecule has 0 radical (unpaired) electrons. The number of aryl methyl sites for hydroxylation is 1. The van der Waals surface area contributed by atoms with Gasteiger partial charge in [0.05, 0.1) is 5.75 Å². The van der Waals surface area contributed by atoms with Gasteiger partial charge in [-0.25, -0.2) is 0 Å². The lowest BCUT2D eigenvalue weighted by molar-refractivity contribution is -0.113. The zero-order valence-corrected chi connectivity index (χ0v) is 13.7. The normalized spacial score (nSPS) is 10.6. The van der Waals surface area contributed by atoms with Crippen molar-refractivity contribution in [2.45, 2.75) is 18.1 Å². The Kier molecular flexibility index (Phi) is 6.70. The van der Waals surface area contributed by atoms with E-state index in [2.05, 4.69) is 15.5 Å². The summed E-state index contributed by atoms with van der Waals surface area (Å²) in [7, 11) is 1.67. The van der Waals surface area contributed by atoms with Gasteiger partial charge in [0, 0.05) is 31.0 Å². The molecule has 1 N–H and O–H groups in total. The molecular weight excluding hydrogens is 324 g/mol. The molecule has 6 nitrogen and oxygen atoms in total. The second-order valence-corrected chi connectivity index (χ2v) is 5.88. The van der Waals surface area contributed by atoms with Crippen LogP contribution >= 0.6 is 23.4 Å². The van der Waals surface area contributed by atoms with Crippen molar-refractivity contribution in [2.24, 2.45) is 0 Å². The molecule has 0 unspecified atom stereocenters. The molecule has 1 amide bonds. The van der Waals surface area contributed by atoms with E-state index in [0.29, 0.717) is 11.6 Å². The van der Waals surface area contributed by atoms with Crippen molar-refractivity contribution in [3.8, 4) is 0 Å². The van der Waals surface area contributed by atoms with E-state index in [-0.39, 0.29) is 11.7 Å². The highest BCUT2D eigenvalue weighted by molar-refractivity contribution is 7.99. The lowest BCUT2D eigenvalue weighted by Crippen LogP contribution is -2.14. The van der Waals surface area contributed by atoms with E-state index in [0.717, 1.165) is 23.8 Å². The first-order valence-electron chi connectivity index (χ1n) is 6.74. The number of carbonyl (C=O) groups is 1. The molecule has 1 aromatic heterocycles. The predicted molar refractivity (Wildman–Crippen MR) is 87.3 cm³/mol. The summed E-state index contributed by atoms with van der Waals surface area (Å²) in [5, 5.41) is 12.1. The molecule has 0 spiro atoms. The highest BCUT2D eigenvalue weighted by atomic mass is 35.5. The molecule has 0 atom stereocenters. The molecule has 0 aliphatic rings. The Bertz CT molecular complexity index is 603. The number of thioether (sulfide) groups is 1. The minimum absolute atomic E-state index is 0.0984. The number of amides is 1. The van der Waals surface area contributed by atoms with Crippen LogP contribution in [0.25, 0.3) is 0 Å². The maximum atomic E-state index is 11.9. The van der Waals surface area contributed by atoms with E-state index in [1.165, 1.54) is 11.8 Å². The number of aromatic nitrogens is 3. The predicted octanol–water partition coefficient (Wildman–Crippen LogP) is 2.70. The van der Waals surface area contributed by atoms with E-state index in [4.69, 9.17) is 16.3 Å². The van der Waals surface area contributed by atoms with Gasteiger partial charge in [0.25, 0.3) is 0 Å². The molecule has 0 aliphatic heterocycles. The van der Waals surface area contributed by atoms with Gasteiger partial charge in [-0.2, -0.15) is 0 Å². The van der Waals surface area contributed by atoms with Gasteiger partial charge >= 0.3 is 0 Å². The van der Waals surface area contributed by atoms with Crippen LogP contribution in [0.4, 0.5) is 5.69 Å². The van der Waals surface area contributed by atoms with Crippen molar-refractivity contribution < 1.29 is 9.53 Å². The van der Waals surface area contributed by atoms with Crippen LogP contribution in [0, 0.1) is 0 Å². The maximum absolute atomic E-state index is 11.9. The molecule has 0 aliphatic carbocycles. The first-order chi connectivity index (χ1) is 10.7. The minimum atomic E-state index is -0.0984. The summed E-state index contributed by atoms with van der Waals surface area (Å²) in [4.78, 5) is 11.9. The van der Waals surface area contributed by atoms with Gasteiger partial charge in [-0.15, -0.1) is 10.2 Å². The fourth-order valence-electron chi connectivity index (χ4n) is 1.75. The van der Waals surface area contributed by atoms with Crippen LogP contribution < -0.4 is 5.32 Å². The van der Waals surface area contributed by atoms with Gasteiger partial charge in [0.2, 0.25) is 5.91 Å². The number of ether oxygens (including phenoxy) is 1. The van der Waals surface area contributed by atoms with Gasteiger partial charge in [-0.1, -0.05) is 23.4 Å². The highest BCUT2D eigenvalue weighted by Crippen LogP contribution is 2.17. The number of methoxy groups -OCH3 is 1. The van der Waals surface area contributed by atoms with Gasteiger partial charge in [0.15, 0.2) is 5.16 Å². The smallest absolute Gasteiger partial charge is 0.234 e. The van der Waals surface area contributed by atoms with Crippen LogP contribution in [-0.4, -0.2) is 40.1 Å². The average Bonchev–Trinajstić information content (AvgIpc) is 2.95. The van der Waals surface area contributed by atoms with E-state index < -0.39 is 0 Å². The van der Waals surface area contributed by atoms with Crippen molar-refractivity contribution in [1.82, 2.24) is 14.8 Å². The third-order valence-corrected chi connectivity index (χ3v) is 4.02. The molecule has 1 aromatic carbocycles. The van der Waals surface area contributed by atoms with Crippen LogP contribution in [-0.2, 0) is 16.1 Å². The van der Waals surface area contributed by atoms with Gasteiger partial charge in [0.1, 0.15) is 6.33 Å². The van der Waals surface area contributed by atoms with Crippen LogP contribution in [0.3, 0.4) is 0 Å². The molecule has 8 heteroatoms. The summed E-state index contributed by atoms with van der Waals surface area (Å²) in [6.07, 6.45) is 2.54. The van der Waals surface area contributed by atoms with Gasteiger partial charge < -0.3 is 14.6 Å². The molecule has 22 heavy (non-hydrogen) atoms. The van der Waals surface area contributed by atoms with Crippen LogP contribution in [0.1, 0.15) is 6.42 Å². The van der Waals surface area contributed by atoms with Crippen LogP contribution in [0.15, 0.2) is 35.7 Å². The summed E-state index contributed by atoms with van der Waals surface area (Å²) >= 11 is 7.16. The minimum Gasteiger partial charge on any atom is -0.385 e. The molecule has 1 heterocycles. The fourth-order valence-corrected chi connectivity index (χ4v) is 2.62. The van der Waals surface area contributed by atoms with Crippen molar-refractivity contribution >= 4 is 35.0 Å². The second-order valence-electron chi connectivity index (χ2n) is 4.50. The molecular formula is C14H17ClN4O2S. The number of rotatable bonds is 8. The molecule has 0 saturated heterocycles. The average molecular weight is 341 g/mol. The number of anilines is 1. The Hall–Kier alpha value is -1.57. The topological polar surface area (TPSA) is 69.0 Å². The zero-order chi connectivity index (χ0) is 15.8. The van der Waals surface area contributed by atoms with Gasteiger partial charge in [-0.3, -0.25) is 4.79 Å². The third-order valence-electron chi connectivity index (χ3n) is 2.79. The number of carbonyl (C=O) groups excluding carboxylic acids is 1. The summed E-state index contributed by atoms with van der Waals surface area (Å²) in [6.45, 7) is 1.45. The van der Waals surface area contributed by atoms with Crippen LogP contribution in [0.2, 0.25) is 5.02 Å². The Morgan fingerprint density at radius 3 is 2.91 bits per heavy atom. The number of hydrogen-bond donors (Lipinski definition) is 1. The quantitative estimate of drug-likeness (QED) is 0.591. The summed E-state index contributed by atoms with van der Waals surface area (Å²) in [5.74, 6) is 0.171. The number of benzene rings is 1. The number of nitrogens with zero attached hydrogens (tertiary/aromatic N) is 3. The summed E-state index contributed by atoms with van der Waals surface area (Å²) < 4.78 is 6.93. The first-order valence-corrected chi connectivity index (χ1v) is 8.10. The lowest BCUT2D eigenvalue weighted by atomic mass is 10.3. The molecule has 0 saturated carbocycles. The van der Waals surface area contributed by atoms with Crippen molar-refractivity contribution in [1.29, 1.82) is 0 Å². The van der Waals surface area contributed by atoms with Crippen molar-refractivity contribution in [3.05, 3.63) is 35.6 Å². The highest BCUT2D eigenvalue weighted by Gasteiger charge is 2.09. The fraction of sp³-hybridized carbons (Fsp3) is 0.357. The molecule has 118 valence electrons. The van der Waals surface area contributed by atoms with E-state index in [1.54, 1.807) is 37.7 Å². The largest absolute Gasteiger partial charge is 0.385 e. The van der Waals surface area contributed by atoms with Crippen LogP contribution in [0.5, 0.6) is 0 Å². The summed E-state index contributed by atoms with van der Waals surface area (Å²) in [6, 6.07) is 6.99. The molecule has 0 bridgehead atoms. The Labute approximate surface area is 138 Å². The third kappa shape index (κ3) is 5.32. The Morgan fingerprint density at radius 1 is 1.41 bits per heavy atom. The second kappa shape index (κ2) is 8.77. The van der Waals surface area contributed by atoms with Crippen molar-refractivity contribution in [3.63, 3.8) is 0 Å². The van der Waals surface area contributed by atoms with E-state index in [9.17, 15) is 4.79 Å². The van der Waals surface area contributed by atoms with E-state index >= 15 is 0 Å². The molecule has 2 rings (SSSR count). The number of hydrogen-bond acceptors (Lipinski definition) is 5. The Morgan fingerprint density at radius 2 is 2.18 bits per heavy atom.